The molecule has 0 spiro atoms. The maximum atomic E-state index is 14.3. The lowest BCUT2D eigenvalue weighted by molar-refractivity contribution is 0.0950. The Hall–Kier alpha value is -5.60. The molecular weight excluding hydrogens is 671 g/mol. The third kappa shape index (κ3) is 8.47. The Kier molecular flexibility index (Phi) is 10.4. The number of benzene rings is 1. The first-order valence-electron chi connectivity index (χ1n) is 14.6. The van der Waals surface area contributed by atoms with E-state index in [1.54, 1.807) is 49.1 Å². The molecule has 1 aromatic carbocycles. The van der Waals surface area contributed by atoms with Crippen LogP contribution in [0.25, 0.3) is 44.1 Å². The number of hydrogen-bond acceptors (Lipinski definition) is 10. The van der Waals surface area contributed by atoms with Gasteiger partial charge in [0.25, 0.3) is 11.8 Å². The number of pyridine rings is 5. The second-order valence-electron chi connectivity index (χ2n) is 11.1. The van der Waals surface area contributed by atoms with Crippen molar-refractivity contribution in [1.82, 2.24) is 30.2 Å². The number of aromatic nitrogens is 5. The van der Waals surface area contributed by atoms with Crippen LogP contribution in [0.5, 0.6) is 0 Å². The molecule has 12 nitrogen and oxygen atoms in total. The summed E-state index contributed by atoms with van der Waals surface area (Å²) in [5.41, 5.74) is 9.22. The topological polar surface area (TPSA) is 174 Å². The van der Waals surface area contributed by atoms with Gasteiger partial charge in [0.2, 0.25) is 0 Å². The molecule has 5 heterocycles. The lowest BCUT2D eigenvalue weighted by Crippen LogP contribution is -2.29. The number of hydrogen-bond donors (Lipinski definition) is 2. The minimum absolute atomic E-state index is 0.0214. The van der Waals surface area contributed by atoms with Crippen molar-refractivity contribution >= 4 is 60.9 Å². The van der Waals surface area contributed by atoms with Crippen molar-refractivity contribution in [2.45, 2.75) is 0 Å². The van der Waals surface area contributed by atoms with E-state index in [1.807, 2.05) is 31.1 Å². The molecule has 0 radical (unpaired) electrons. The smallest absolute Gasteiger partial charge is 0.269 e. The van der Waals surface area contributed by atoms with E-state index in [0.29, 0.717) is 22.0 Å². The van der Waals surface area contributed by atoms with Crippen LogP contribution in [0.15, 0.2) is 85.6 Å². The van der Waals surface area contributed by atoms with E-state index >= 15 is 0 Å². The van der Waals surface area contributed by atoms with Crippen LogP contribution in [-0.2, 0) is 9.84 Å². The highest BCUT2D eigenvalue weighted by molar-refractivity contribution is 7.90. The van der Waals surface area contributed by atoms with Crippen LogP contribution < -0.4 is 16.0 Å². The van der Waals surface area contributed by atoms with Crippen LogP contribution >= 0.6 is 11.6 Å². The van der Waals surface area contributed by atoms with Gasteiger partial charge in [0.15, 0.2) is 0 Å². The van der Waals surface area contributed by atoms with Gasteiger partial charge in [-0.15, -0.1) is 0 Å². The summed E-state index contributed by atoms with van der Waals surface area (Å²) in [4.78, 5) is 46.9. The molecule has 250 valence electrons. The molecule has 49 heavy (non-hydrogen) atoms. The van der Waals surface area contributed by atoms with Gasteiger partial charge in [0.1, 0.15) is 32.9 Å². The third-order valence-corrected chi connectivity index (χ3v) is 8.36. The molecule has 15 heteroatoms. The van der Waals surface area contributed by atoms with Gasteiger partial charge in [-0.1, -0.05) is 11.6 Å². The van der Waals surface area contributed by atoms with Crippen LogP contribution in [0.3, 0.4) is 0 Å². The number of carbonyl (C=O) groups is 2. The molecule has 0 saturated heterocycles. The van der Waals surface area contributed by atoms with E-state index in [1.165, 1.54) is 24.4 Å². The number of anilines is 1. The molecule has 0 bridgehead atoms. The van der Waals surface area contributed by atoms with Crippen LogP contribution in [0, 0.1) is 5.82 Å². The Morgan fingerprint density at radius 3 is 2.12 bits per heavy atom. The minimum Gasteiger partial charge on any atom is -0.364 e. The van der Waals surface area contributed by atoms with E-state index in [-0.39, 0.29) is 34.3 Å². The van der Waals surface area contributed by atoms with E-state index in [9.17, 15) is 22.4 Å². The number of amides is 2. The highest BCUT2D eigenvalue weighted by Crippen LogP contribution is 2.30. The predicted molar refractivity (Wildman–Crippen MR) is 188 cm³/mol. The lowest BCUT2D eigenvalue weighted by Gasteiger charge is -2.13. The van der Waals surface area contributed by atoms with Crippen molar-refractivity contribution in [3.8, 4) is 22.3 Å². The summed E-state index contributed by atoms with van der Waals surface area (Å²) in [5, 5.41) is 4.26. The lowest BCUT2D eigenvalue weighted by atomic mass is 10.0. The molecule has 5 aromatic heterocycles. The Balaban J connectivity index is 0.000000195. The van der Waals surface area contributed by atoms with Crippen molar-refractivity contribution < 1.29 is 22.4 Å². The average Bonchev–Trinajstić information content (AvgIpc) is 3.07. The molecule has 0 aliphatic heterocycles. The summed E-state index contributed by atoms with van der Waals surface area (Å²) in [6.07, 6.45) is 9.30. The van der Waals surface area contributed by atoms with Crippen LogP contribution in [0.1, 0.15) is 21.0 Å². The Labute approximate surface area is 286 Å². The van der Waals surface area contributed by atoms with E-state index in [4.69, 9.17) is 17.3 Å². The number of rotatable bonds is 8. The van der Waals surface area contributed by atoms with Crippen molar-refractivity contribution in [1.29, 1.82) is 0 Å². The van der Waals surface area contributed by atoms with Gasteiger partial charge in [-0.05, 0) is 60.2 Å². The molecule has 6 rings (SSSR count). The normalized spacial score (nSPS) is 11.1. The molecule has 3 N–H and O–H groups in total. The van der Waals surface area contributed by atoms with Crippen molar-refractivity contribution in [2.24, 2.45) is 5.73 Å². The SMILES string of the molecule is CN(C)c1cc(-c2cncc3ccc(C(N)=O)nc23)ccn1.CS(=O)(=O)CCNC(=O)c1ccc2cncc(-c3ccc(Cl)cc3F)c2n1. The number of primary amides is 1. The number of halogens is 2. The highest BCUT2D eigenvalue weighted by atomic mass is 35.5. The van der Waals surface area contributed by atoms with Gasteiger partial charge in [-0.2, -0.15) is 0 Å². The second kappa shape index (κ2) is 14.7. The molecule has 0 saturated carbocycles. The molecule has 0 fully saturated rings. The number of nitrogens with one attached hydrogen (secondary N) is 1. The first kappa shape index (κ1) is 34.7. The van der Waals surface area contributed by atoms with Gasteiger partial charge < -0.3 is 16.0 Å². The predicted octanol–water partition coefficient (Wildman–Crippen LogP) is 4.72. The summed E-state index contributed by atoms with van der Waals surface area (Å²) in [6.45, 7) is -0.0214. The number of carbonyl (C=O) groups excluding carboxylic acids is 2. The number of nitrogens with zero attached hydrogens (tertiary/aromatic N) is 6. The van der Waals surface area contributed by atoms with E-state index in [2.05, 4.69) is 30.2 Å². The molecule has 6 aromatic rings. The molecule has 0 atom stereocenters. The fourth-order valence-corrected chi connectivity index (χ4v) is 5.37. The quantitative estimate of drug-likeness (QED) is 0.226. The zero-order valence-electron chi connectivity index (χ0n) is 26.6. The Bertz CT molecular complexity index is 2320. The zero-order chi connectivity index (χ0) is 35.3. The minimum atomic E-state index is -3.18. The molecule has 0 unspecified atom stereocenters. The maximum Gasteiger partial charge on any atom is 0.269 e. The van der Waals surface area contributed by atoms with Crippen molar-refractivity contribution in [3.63, 3.8) is 0 Å². The summed E-state index contributed by atoms with van der Waals surface area (Å²) in [7, 11) is 0.671. The summed E-state index contributed by atoms with van der Waals surface area (Å²) >= 11 is 5.80. The van der Waals surface area contributed by atoms with Crippen LogP contribution in [0.4, 0.5) is 10.2 Å². The number of nitrogens with two attached hydrogens (primary N) is 1. The zero-order valence-corrected chi connectivity index (χ0v) is 28.1. The monoisotopic (exact) mass is 700 g/mol. The van der Waals surface area contributed by atoms with Gasteiger partial charge in [-0.3, -0.25) is 19.6 Å². The van der Waals surface area contributed by atoms with E-state index < -0.39 is 27.5 Å². The molecule has 2 amide bonds. The number of sulfone groups is 1. The Morgan fingerprint density at radius 2 is 1.49 bits per heavy atom. The molecule has 0 aliphatic carbocycles. The summed E-state index contributed by atoms with van der Waals surface area (Å²) < 4.78 is 36.7. The number of fused-ring (bicyclic) bond motifs is 2. The Morgan fingerprint density at radius 1 is 0.857 bits per heavy atom. The largest absolute Gasteiger partial charge is 0.364 e. The fraction of sp³-hybridized carbons (Fsp3) is 0.147. The first-order valence-corrected chi connectivity index (χ1v) is 17.1. The fourth-order valence-electron chi connectivity index (χ4n) is 4.74. The molecular formula is C34H30ClFN8O4S. The van der Waals surface area contributed by atoms with Crippen LogP contribution in [0.2, 0.25) is 5.02 Å². The van der Waals surface area contributed by atoms with E-state index in [0.717, 1.165) is 28.6 Å². The average molecular weight is 701 g/mol. The standard InChI is InChI=1S/C18H15ClFN3O3S.C16H15N5O/c1-27(25,26)7-6-22-18(24)16-5-2-11-9-21-10-14(17(11)23-16)13-4-3-12(19)8-15(13)20;1-21(2)14-7-10(5-6-19-14)12-9-18-8-11-3-4-13(16(17)22)20-15(11)12/h2-5,8-10H,6-7H2,1H3,(H,22,24);3-9H,1-2H3,(H2,17,22). The van der Waals surface area contributed by atoms with Crippen molar-refractivity contribution in [2.75, 3.05) is 37.5 Å². The van der Waals surface area contributed by atoms with Crippen molar-refractivity contribution in [3.05, 3.63) is 108 Å². The van der Waals surface area contributed by atoms with Crippen LogP contribution in [-0.4, -0.2) is 77.8 Å². The van der Waals surface area contributed by atoms with Gasteiger partial charge in [-0.25, -0.2) is 27.8 Å². The third-order valence-electron chi connectivity index (χ3n) is 7.18. The molecule has 0 aliphatic rings. The van der Waals surface area contributed by atoms with Gasteiger partial charge in [0.05, 0.1) is 16.8 Å². The summed E-state index contributed by atoms with van der Waals surface area (Å²) in [6, 6.07) is 14.7. The maximum absolute atomic E-state index is 14.3. The first-order chi connectivity index (χ1) is 23.3. The summed E-state index contributed by atoms with van der Waals surface area (Å²) in [5.74, 6) is -0.923. The van der Waals surface area contributed by atoms with Gasteiger partial charge >= 0.3 is 0 Å². The highest BCUT2D eigenvalue weighted by Gasteiger charge is 2.15. The second-order valence-corrected chi connectivity index (χ2v) is 13.8. The van der Waals surface area contributed by atoms with Gasteiger partial charge in [0, 0.05) is 90.4 Å².